The second-order valence-corrected chi connectivity index (χ2v) is 5.51. The van der Waals surface area contributed by atoms with Gasteiger partial charge in [-0.2, -0.15) is 16.4 Å². The van der Waals surface area contributed by atoms with Gasteiger partial charge in [0.05, 0.1) is 12.7 Å². The third kappa shape index (κ3) is 3.58. The number of aromatic nitrogens is 2. The first kappa shape index (κ1) is 13.6. The quantitative estimate of drug-likeness (QED) is 0.787. The highest BCUT2D eigenvalue weighted by molar-refractivity contribution is 7.08. The molecular weight excluding hydrogens is 282 g/mol. The summed E-state index contributed by atoms with van der Waals surface area (Å²) in [6, 6.07) is 12.0. The van der Waals surface area contributed by atoms with Crippen molar-refractivity contribution in [1.82, 2.24) is 15.1 Å². The molecule has 0 bridgehead atoms. The SMILES string of the molecule is O=C(NCc1cnn(Cc2ccccc2)c1)c1ccsc1. The largest absolute Gasteiger partial charge is 0.348 e. The highest BCUT2D eigenvalue weighted by atomic mass is 32.1. The summed E-state index contributed by atoms with van der Waals surface area (Å²) >= 11 is 1.52. The molecule has 21 heavy (non-hydrogen) atoms. The van der Waals surface area contributed by atoms with Crippen molar-refractivity contribution in [2.24, 2.45) is 0 Å². The Labute approximate surface area is 127 Å². The van der Waals surface area contributed by atoms with Gasteiger partial charge < -0.3 is 5.32 Å². The highest BCUT2D eigenvalue weighted by Crippen LogP contribution is 2.07. The summed E-state index contributed by atoms with van der Waals surface area (Å²) in [6.45, 7) is 1.22. The Bertz CT molecular complexity index is 704. The highest BCUT2D eigenvalue weighted by Gasteiger charge is 2.06. The molecule has 0 atom stereocenters. The first-order valence-electron chi connectivity index (χ1n) is 6.67. The number of amides is 1. The number of hydrogen-bond donors (Lipinski definition) is 1. The molecule has 106 valence electrons. The molecule has 0 spiro atoms. The minimum Gasteiger partial charge on any atom is -0.348 e. The van der Waals surface area contributed by atoms with Gasteiger partial charge in [-0.1, -0.05) is 30.3 Å². The predicted molar refractivity (Wildman–Crippen MR) is 83.3 cm³/mol. The summed E-state index contributed by atoms with van der Waals surface area (Å²) < 4.78 is 1.88. The van der Waals surface area contributed by atoms with Crippen molar-refractivity contribution in [2.75, 3.05) is 0 Å². The van der Waals surface area contributed by atoms with E-state index in [9.17, 15) is 4.79 Å². The van der Waals surface area contributed by atoms with Crippen molar-refractivity contribution in [3.8, 4) is 0 Å². The van der Waals surface area contributed by atoms with Gasteiger partial charge in [-0.15, -0.1) is 0 Å². The van der Waals surface area contributed by atoms with Crippen LogP contribution >= 0.6 is 11.3 Å². The molecule has 1 N–H and O–H groups in total. The first-order chi connectivity index (χ1) is 10.3. The van der Waals surface area contributed by atoms with Gasteiger partial charge in [0.15, 0.2) is 0 Å². The van der Waals surface area contributed by atoms with Crippen LogP contribution in [-0.4, -0.2) is 15.7 Å². The van der Waals surface area contributed by atoms with Gasteiger partial charge in [-0.3, -0.25) is 9.48 Å². The maximum Gasteiger partial charge on any atom is 0.252 e. The van der Waals surface area contributed by atoms with Gasteiger partial charge in [0.2, 0.25) is 0 Å². The fraction of sp³-hybridized carbons (Fsp3) is 0.125. The van der Waals surface area contributed by atoms with Crippen molar-refractivity contribution in [3.05, 3.63) is 76.2 Å². The molecule has 3 rings (SSSR count). The van der Waals surface area contributed by atoms with Crippen LogP contribution in [0.2, 0.25) is 0 Å². The third-order valence-corrected chi connectivity index (χ3v) is 3.79. The van der Waals surface area contributed by atoms with E-state index in [0.717, 1.165) is 12.1 Å². The molecule has 1 amide bonds. The molecule has 1 aromatic carbocycles. The monoisotopic (exact) mass is 297 g/mol. The minimum absolute atomic E-state index is 0.0490. The zero-order chi connectivity index (χ0) is 14.5. The number of nitrogens with one attached hydrogen (secondary N) is 1. The number of nitrogens with zero attached hydrogens (tertiary/aromatic N) is 2. The Morgan fingerprint density at radius 2 is 2.05 bits per heavy atom. The van der Waals surface area contributed by atoms with Crippen LogP contribution < -0.4 is 5.32 Å². The van der Waals surface area contributed by atoms with E-state index < -0.39 is 0 Å². The van der Waals surface area contributed by atoms with Crippen LogP contribution in [0, 0.1) is 0 Å². The van der Waals surface area contributed by atoms with Gasteiger partial charge >= 0.3 is 0 Å². The molecule has 0 aliphatic heterocycles. The van der Waals surface area contributed by atoms with Crippen LogP contribution in [0.1, 0.15) is 21.5 Å². The van der Waals surface area contributed by atoms with E-state index in [1.165, 1.54) is 16.9 Å². The van der Waals surface area contributed by atoms with E-state index in [0.29, 0.717) is 12.1 Å². The van der Waals surface area contributed by atoms with E-state index in [1.54, 1.807) is 6.20 Å². The number of benzene rings is 1. The second kappa shape index (κ2) is 6.37. The van der Waals surface area contributed by atoms with Crippen LogP contribution in [0.15, 0.2) is 59.6 Å². The van der Waals surface area contributed by atoms with E-state index in [4.69, 9.17) is 0 Å². The zero-order valence-corrected chi connectivity index (χ0v) is 12.2. The smallest absolute Gasteiger partial charge is 0.252 e. The molecule has 2 heterocycles. The zero-order valence-electron chi connectivity index (χ0n) is 11.4. The fourth-order valence-corrected chi connectivity index (χ4v) is 2.67. The summed E-state index contributed by atoms with van der Waals surface area (Å²) in [6.07, 6.45) is 3.75. The normalized spacial score (nSPS) is 10.5. The minimum atomic E-state index is -0.0490. The maximum absolute atomic E-state index is 11.8. The lowest BCUT2D eigenvalue weighted by atomic mass is 10.2. The molecule has 0 saturated heterocycles. The molecule has 0 aliphatic rings. The van der Waals surface area contributed by atoms with Crippen LogP contribution in [0.4, 0.5) is 0 Å². The Balaban J connectivity index is 1.57. The number of thiophene rings is 1. The Morgan fingerprint density at radius 1 is 1.19 bits per heavy atom. The molecule has 2 aromatic heterocycles. The van der Waals surface area contributed by atoms with Gasteiger partial charge in [-0.25, -0.2) is 0 Å². The van der Waals surface area contributed by atoms with E-state index in [1.807, 2.05) is 45.9 Å². The number of hydrogen-bond acceptors (Lipinski definition) is 3. The molecule has 0 aliphatic carbocycles. The molecule has 0 radical (unpaired) electrons. The van der Waals surface area contributed by atoms with Crippen molar-refractivity contribution >= 4 is 17.2 Å². The Kier molecular flexibility index (Phi) is 4.12. The summed E-state index contributed by atoms with van der Waals surface area (Å²) in [5.74, 6) is -0.0490. The molecule has 0 fully saturated rings. The lowest BCUT2D eigenvalue weighted by molar-refractivity contribution is 0.0951. The maximum atomic E-state index is 11.8. The standard InChI is InChI=1S/C16H15N3OS/c20-16(15-6-7-21-12-15)17-8-14-9-18-19(11-14)10-13-4-2-1-3-5-13/h1-7,9,11-12H,8,10H2,(H,17,20). The topological polar surface area (TPSA) is 46.9 Å². The number of rotatable bonds is 5. The Morgan fingerprint density at radius 3 is 2.81 bits per heavy atom. The second-order valence-electron chi connectivity index (χ2n) is 4.73. The fourth-order valence-electron chi connectivity index (χ4n) is 2.03. The van der Waals surface area contributed by atoms with Crippen molar-refractivity contribution in [3.63, 3.8) is 0 Å². The third-order valence-electron chi connectivity index (χ3n) is 3.11. The van der Waals surface area contributed by atoms with Crippen LogP contribution in [0.5, 0.6) is 0 Å². The summed E-state index contributed by atoms with van der Waals surface area (Å²) in [5, 5.41) is 10.9. The average molecular weight is 297 g/mol. The summed E-state index contributed by atoms with van der Waals surface area (Å²) in [4.78, 5) is 11.8. The van der Waals surface area contributed by atoms with E-state index in [2.05, 4.69) is 22.5 Å². The summed E-state index contributed by atoms with van der Waals surface area (Å²) in [5.41, 5.74) is 2.90. The van der Waals surface area contributed by atoms with Gasteiger partial charge in [-0.05, 0) is 17.0 Å². The van der Waals surface area contributed by atoms with Crippen LogP contribution in [0.25, 0.3) is 0 Å². The van der Waals surface area contributed by atoms with E-state index >= 15 is 0 Å². The number of carbonyl (C=O) groups excluding carboxylic acids is 1. The molecule has 0 unspecified atom stereocenters. The van der Waals surface area contributed by atoms with Gasteiger partial charge in [0, 0.05) is 29.2 Å². The Hall–Kier alpha value is -2.40. The van der Waals surface area contributed by atoms with E-state index in [-0.39, 0.29) is 5.91 Å². The lowest BCUT2D eigenvalue weighted by Crippen LogP contribution is -2.21. The molecule has 0 saturated carbocycles. The van der Waals surface area contributed by atoms with Gasteiger partial charge in [0.1, 0.15) is 0 Å². The van der Waals surface area contributed by atoms with Crippen molar-refractivity contribution in [2.45, 2.75) is 13.1 Å². The molecule has 3 aromatic rings. The molecule has 5 heteroatoms. The van der Waals surface area contributed by atoms with Gasteiger partial charge in [0.25, 0.3) is 5.91 Å². The van der Waals surface area contributed by atoms with Crippen molar-refractivity contribution < 1.29 is 4.79 Å². The van der Waals surface area contributed by atoms with Crippen LogP contribution in [0.3, 0.4) is 0 Å². The predicted octanol–water partition coefficient (Wildman–Crippen LogP) is 2.92. The molecule has 4 nitrogen and oxygen atoms in total. The lowest BCUT2D eigenvalue weighted by Gasteiger charge is -2.02. The molecular formula is C16H15N3OS. The van der Waals surface area contributed by atoms with Crippen molar-refractivity contribution in [1.29, 1.82) is 0 Å². The van der Waals surface area contributed by atoms with Crippen LogP contribution in [-0.2, 0) is 13.1 Å². The summed E-state index contributed by atoms with van der Waals surface area (Å²) in [7, 11) is 0. The first-order valence-corrected chi connectivity index (χ1v) is 7.61. The average Bonchev–Trinajstić information content (AvgIpc) is 3.17. The number of carbonyl (C=O) groups is 1.